The molecule has 0 amide bonds. The van der Waals surface area contributed by atoms with Gasteiger partial charge in [0.05, 0.1) is 6.61 Å². The number of hydrogen-bond donors (Lipinski definition) is 0. The quantitative estimate of drug-likeness (QED) is 0.609. The van der Waals surface area contributed by atoms with Crippen molar-refractivity contribution in [3.8, 4) is 11.8 Å². The topological polar surface area (TPSA) is 63.2 Å². The zero-order valence-electron chi connectivity index (χ0n) is 10.8. The second-order valence-electron chi connectivity index (χ2n) is 4.31. The summed E-state index contributed by atoms with van der Waals surface area (Å²) < 4.78 is 10.7. The molecule has 0 bridgehead atoms. The van der Waals surface area contributed by atoms with Crippen LogP contribution in [0.5, 0.6) is 5.75 Å². The molecule has 4 heteroatoms. The summed E-state index contributed by atoms with van der Waals surface area (Å²) >= 11 is 0. The van der Waals surface area contributed by atoms with Gasteiger partial charge in [-0.05, 0) is 24.6 Å². The van der Waals surface area contributed by atoms with Crippen molar-refractivity contribution < 1.29 is 9.15 Å². The van der Waals surface area contributed by atoms with Crippen LogP contribution in [0.4, 0.5) is 0 Å². The number of unbranched alkanes of at least 4 members (excludes halogenated alkanes) is 2. The highest BCUT2D eigenvalue weighted by molar-refractivity contribution is 5.79. The van der Waals surface area contributed by atoms with Crippen LogP contribution < -0.4 is 10.4 Å². The van der Waals surface area contributed by atoms with E-state index in [-0.39, 0.29) is 5.56 Å². The van der Waals surface area contributed by atoms with Gasteiger partial charge in [-0.3, -0.25) is 0 Å². The largest absolute Gasteiger partial charge is 0.493 e. The molecule has 0 radical (unpaired) electrons. The molecule has 0 saturated heterocycles. The van der Waals surface area contributed by atoms with Crippen LogP contribution >= 0.6 is 0 Å². The Morgan fingerprint density at radius 2 is 2.16 bits per heavy atom. The summed E-state index contributed by atoms with van der Waals surface area (Å²) in [7, 11) is 0. The Morgan fingerprint density at radius 3 is 2.89 bits per heavy atom. The SMILES string of the molecule is CCCCCOc1ccc2cc(C#N)c(=O)oc2c1. The second kappa shape index (κ2) is 6.05. The number of fused-ring (bicyclic) bond motifs is 1. The van der Waals surface area contributed by atoms with Gasteiger partial charge in [0.2, 0.25) is 0 Å². The van der Waals surface area contributed by atoms with Gasteiger partial charge in [-0.25, -0.2) is 4.79 Å². The van der Waals surface area contributed by atoms with E-state index in [0.29, 0.717) is 17.9 Å². The lowest BCUT2D eigenvalue weighted by Crippen LogP contribution is -2.03. The Hall–Kier alpha value is -2.28. The molecule has 2 rings (SSSR count). The lowest BCUT2D eigenvalue weighted by molar-refractivity contribution is 0.306. The molecule has 1 heterocycles. The lowest BCUT2D eigenvalue weighted by atomic mass is 10.2. The molecule has 0 spiro atoms. The van der Waals surface area contributed by atoms with Gasteiger partial charge >= 0.3 is 5.63 Å². The molecular formula is C15H15NO3. The van der Waals surface area contributed by atoms with Crippen LogP contribution in [-0.2, 0) is 0 Å². The van der Waals surface area contributed by atoms with Gasteiger partial charge < -0.3 is 9.15 Å². The summed E-state index contributed by atoms with van der Waals surface area (Å²) in [6.07, 6.45) is 3.28. The normalized spacial score (nSPS) is 10.3. The highest BCUT2D eigenvalue weighted by Gasteiger charge is 2.05. The van der Waals surface area contributed by atoms with Crippen molar-refractivity contribution in [2.45, 2.75) is 26.2 Å². The van der Waals surface area contributed by atoms with Crippen molar-refractivity contribution >= 4 is 11.0 Å². The standard InChI is InChI=1S/C15H15NO3/c1-2-3-4-7-18-13-6-5-11-8-12(10-16)15(17)19-14(11)9-13/h5-6,8-9H,2-4,7H2,1H3. The summed E-state index contributed by atoms with van der Waals surface area (Å²) in [4.78, 5) is 11.4. The Morgan fingerprint density at radius 1 is 1.32 bits per heavy atom. The summed E-state index contributed by atoms with van der Waals surface area (Å²) in [5.41, 5.74) is -0.153. The van der Waals surface area contributed by atoms with E-state index in [2.05, 4.69) is 6.92 Å². The molecule has 0 unspecified atom stereocenters. The zero-order chi connectivity index (χ0) is 13.7. The van der Waals surface area contributed by atoms with Gasteiger partial charge in [0.25, 0.3) is 0 Å². The van der Waals surface area contributed by atoms with Crippen molar-refractivity contribution in [1.29, 1.82) is 5.26 Å². The molecule has 4 nitrogen and oxygen atoms in total. The van der Waals surface area contributed by atoms with Gasteiger partial charge in [0.1, 0.15) is 23.0 Å². The molecule has 0 fully saturated rings. The van der Waals surface area contributed by atoms with Gasteiger partial charge in [-0.15, -0.1) is 0 Å². The van der Waals surface area contributed by atoms with Gasteiger partial charge in [-0.1, -0.05) is 19.8 Å². The number of hydrogen-bond acceptors (Lipinski definition) is 4. The minimum Gasteiger partial charge on any atom is -0.493 e. The van der Waals surface area contributed by atoms with Gasteiger partial charge in [0, 0.05) is 11.5 Å². The van der Waals surface area contributed by atoms with Gasteiger partial charge in [-0.2, -0.15) is 5.26 Å². The molecule has 19 heavy (non-hydrogen) atoms. The highest BCUT2D eigenvalue weighted by atomic mass is 16.5. The monoisotopic (exact) mass is 257 g/mol. The summed E-state index contributed by atoms with van der Waals surface area (Å²) in [6, 6.07) is 8.63. The number of benzene rings is 1. The average molecular weight is 257 g/mol. The van der Waals surface area contributed by atoms with Crippen LogP contribution in [0.25, 0.3) is 11.0 Å². The maximum absolute atomic E-state index is 11.4. The highest BCUT2D eigenvalue weighted by Crippen LogP contribution is 2.20. The fourth-order valence-corrected chi connectivity index (χ4v) is 1.80. The number of ether oxygens (including phenoxy) is 1. The van der Waals surface area contributed by atoms with Crippen molar-refractivity contribution in [1.82, 2.24) is 0 Å². The molecule has 1 aromatic heterocycles. The first kappa shape index (κ1) is 13.2. The molecule has 0 atom stereocenters. The molecule has 1 aromatic carbocycles. The third kappa shape index (κ3) is 3.14. The number of nitriles is 1. The minimum atomic E-state index is -0.613. The van der Waals surface area contributed by atoms with E-state index in [1.54, 1.807) is 12.1 Å². The third-order valence-electron chi connectivity index (χ3n) is 2.84. The first-order chi connectivity index (χ1) is 9.24. The molecule has 0 aliphatic carbocycles. The van der Waals surface area contributed by atoms with Crippen molar-refractivity contribution in [2.75, 3.05) is 6.61 Å². The van der Waals surface area contributed by atoms with E-state index in [0.717, 1.165) is 24.6 Å². The first-order valence-corrected chi connectivity index (χ1v) is 6.35. The van der Waals surface area contributed by atoms with Crippen molar-refractivity contribution in [2.24, 2.45) is 0 Å². The lowest BCUT2D eigenvalue weighted by Gasteiger charge is -2.06. The maximum Gasteiger partial charge on any atom is 0.354 e. The molecular weight excluding hydrogens is 242 g/mol. The fraction of sp³-hybridized carbons (Fsp3) is 0.333. The summed E-state index contributed by atoms with van der Waals surface area (Å²) in [5.74, 6) is 0.677. The number of nitrogens with zero attached hydrogens (tertiary/aromatic N) is 1. The van der Waals surface area contributed by atoms with E-state index >= 15 is 0 Å². The fourth-order valence-electron chi connectivity index (χ4n) is 1.80. The zero-order valence-corrected chi connectivity index (χ0v) is 10.8. The second-order valence-corrected chi connectivity index (χ2v) is 4.31. The Balaban J connectivity index is 2.21. The molecule has 2 aromatic rings. The van der Waals surface area contributed by atoms with Crippen LogP contribution in [-0.4, -0.2) is 6.61 Å². The predicted molar refractivity (Wildman–Crippen MR) is 72.2 cm³/mol. The van der Waals surface area contributed by atoms with Crippen LogP contribution in [0, 0.1) is 11.3 Å². The van der Waals surface area contributed by atoms with Crippen LogP contribution in [0.1, 0.15) is 31.7 Å². The Kier molecular flexibility index (Phi) is 4.19. The Labute approximate surface area is 111 Å². The summed E-state index contributed by atoms with van der Waals surface area (Å²) in [6.45, 7) is 2.79. The van der Waals surface area contributed by atoms with Crippen molar-refractivity contribution in [3.63, 3.8) is 0 Å². The minimum absolute atomic E-state index is 0.0177. The van der Waals surface area contributed by atoms with Crippen LogP contribution in [0.3, 0.4) is 0 Å². The first-order valence-electron chi connectivity index (χ1n) is 6.35. The third-order valence-corrected chi connectivity index (χ3v) is 2.84. The Bertz CT molecular complexity index is 667. The van der Waals surface area contributed by atoms with Gasteiger partial charge in [0.15, 0.2) is 0 Å². The number of rotatable bonds is 5. The van der Waals surface area contributed by atoms with E-state index in [9.17, 15) is 4.79 Å². The summed E-state index contributed by atoms with van der Waals surface area (Å²) in [5, 5.41) is 9.48. The molecule has 0 saturated carbocycles. The molecule has 0 aliphatic rings. The molecule has 0 N–H and O–H groups in total. The molecule has 0 aliphatic heterocycles. The van der Waals surface area contributed by atoms with E-state index < -0.39 is 5.63 Å². The molecule has 98 valence electrons. The maximum atomic E-state index is 11.4. The van der Waals surface area contributed by atoms with Crippen molar-refractivity contribution in [3.05, 3.63) is 40.2 Å². The van der Waals surface area contributed by atoms with Crippen LogP contribution in [0.2, 0.25) is 0 Å². The smallest absolute Gasteiger partial charge is 0.354 e. The van der Waals surface area contributed by atoms with E-state index in [1.165, 1.54) is 6.07 Å². The van der Waals surface area contributed by atoms with Crippen LogP contribution in [0.15, 0.2) is 33.5 Å². The van der Waals surface area contributed by atoms with E-state index in [1.807, 2.05) is 12.1 Å². The predicted octanol–water partition coefficient (Wildman–Crippen LogP) is 3.23. The van der Waals surface area contributed by atoms with E-state index in [4.69, 9.17) is 14.4 Å². The average Bonchev–Trinajstić information content (AvgIpc) is 2.42.